The van der Waals surface area contributed by atoms with E-state index in [1.807, 2.05) is 11.9 Å². The van der Waals surface area contributed by atoms with Crippen molar-refractivity contribution in [2.45, 2.75) is 4.90 Å². The van der Waals surface area contributed by atoms with E-state index in [2.05, 4.69) is 0 Å². The zero-order valence-electron chi connectivity index (χ0n) is 13.8. The number of nitrogens with zero attached hydrogens (tertiary/aromatic N) is 4. The summed E-state index contributed by atoms with van der Waals surface area (Å²) in [7, 11) is 0.862. The van der Waals surface area contributed by atoms with Gasteiger partial charge in [-0.15, -0.1) is 0 Å². The van der Waals surface area contributed by atoms with Crippen LogP contribution in [-0.2, 0) is 10.0 Å². The van der Waals surface area contributed by atoms with E-state index in [4.69, 9.17) is 0 Å². The predicted octanol–water partition coefficient (Wildman–Crippen LogP) is 0.233. The number of sulfonamides is 1. The molecule has 0 aromatic heterocycles. The van der Waals surface area contributed by atoms with E-state index in [1.54, 1.807) is 0 Å². The van der Waals surface area contributed by atoms with Crippen molar-refractivity contribution in [3.05, 3.63) is 33.9 Å². The van der Waals surface area contributed by atoms with Crippen molar-refractivity contribution in [3.8, 4) is 0 Å². The molecule has 0 N–H and O–H groups in total. The summed E-state index contributed by atoms with van der Waals surface area (Å²) in [6.45, 7) is 2.21. The lowest BCUT2D eigenvalue weighted by Gasteiger charge is -2.32. The lowest BCUT2D eigenvalue weighted by Crippen LogP contribution is -2.47. The Hall–Kier alpha value is -2.04. The number of hydrogen-bond acceptors (Lipinski definition) is 6. The number of nitro benzene ring substituents is 1. The molecule has 1 aliphatic rings. The SMILES string of the molecule is CN1CCN(C(=O)c2cc(S(=O)(=O)N(C)C)ccc2[N+](=O)[O-])CC1. The van der Waals surface area contributed by atoms with Gasteiger partial charge in [0.25, 0.3) is 11.6 Å². The van der Waals surface area contributed by atoms with Crippen LogP contribution >= 0.6 is 0 Å². The maximum Gasteiger partial charge on any atom is 0.282 e. The summed E-state index contributed by atoms with van der Waals surface area (Å²) in [5, 5.41) is 11.2. The van der Waals surface area contributed by atoms with Crippen LogP contribution in [0.4, 0.5) is 5.69 Å². The molecule has 0 aliphatic carbocycles. The van der Waals surface area contributed by atoms with Crippen LogP contribution in [0.25, 0.3) is 0 Å². The monoisotopic (exact) mass is 356 g/mol. The fourth-order valence-corrected chi connectivity index (χ4v) is 3.33. The van der Waals surface area contributed by atoms with Crippen LogP contribution in [0.3, 0.4) is 0 Å². The molecule has 1 fully saturated rings. The fraction of sp³-hybridized carbons (Fsp3) is 0.500. The molecule has 9 nitrogen and oxygen atoms in total. The Balaban J connectivity index is 2.46. The second-order valence-electron chi connectivity index (χ2n) is 5.82. The topological polar surface area (TPSA) is 104 Å². The first kappa shape index (κ1) is 18.3. The van der Waals surface area contributed by atoms with Gasteiger partial charge in [-0.2, -0.15) is 0 Å². The van der Waals surface area contributed by atoms with Crippen molar-refractivity contribution in [2.24, 2.45) is 0 Å². The van der Waals surface area contributed by atoms with Crippen LogP contribution in [0.15, 0.2) is 23.1 Å². The lowest BCUT2D eigenvalue weighted by molar-refractivity contribution is -0.385. The van der Waals surface area contributed by atoms with Crippen LogP contribution in [0.5, 0.6) is 0 Å². The van der Waals surface area contributed by atoms with Crippen LogP contribution in [0.2, 0.25) is 0 Å². The molecule has 0 atom stereocenters. The van der Waals surface area contributed by atoms with Gasteiger partial charge in [0.05, 0.1) is 9.82 Å². The smallest absolute Gasteiger partial charge is 0.282 e. The highest BCUT2D eigenvalue weighted by atomic mass is 32.2. The first-order chi connectivity index (χ1) is 11.1. The summed E-state index contributed by atoms with van der Waals surface area (Å²) >= 11 is 0. The number of hydrogen-bond donors (Lipinski definition) is 0. The second kappa shape index (κ2) is 6.83. The van der Waals surface area contributed by atoms with E-state index < -0.39 is 26.5 Å². The van der Waals surface area contributed by atoms with Crippen molar-refractivity contribution in [1.82, 2.24) is 14.1 Å². The molecule has 1 aliphatic heterocycles. The van der Waals surface area contributed by atoms with Gasteiger partial charge < -0.3 is 9.80 Å². The van der Waals surface area contributed by atoms with Gasteiger partial charge in [0.1, 0.15) is 5.56 Å². The number of carbonyl (C=O) groups excluding carboxylic acids is 1. The van der Waals surface area contributed by atoms with Crippen molar-refractivity contribution in [3.63, 3.8) is 0 Å². The minimum Gasteiger partial charge on any atom is -0.336 e. The van der Waals surface area contributed by atoms with E-state index in [-0.39, 0.29) is 10.5 Å². The highest BCUT2D eigenvalue weighted by molar-refractivity contribution is 7.89. The lowest BCUT2D eigenvalue weighted by atomic mass is 10.1. The standard InChI is InChI=1S/C14H20N4O5S/c1-15(2)24(22,23)11-4-5-13(18(20)21)12(10-11)14(19)17-8-6-16(3)7-9-17/h4-5,10H,6-9H2,1-3H3. The molecule has 1 saturated heterocycles. The summed E-state index contributed by atoms with van der Waals surface area (Å²) < 4.78 is 25.5. The molecular formula is C14H20N4O5S. The largest absolute Gasteiger partial charge is 0.336 e. The van der Waals surface area contributed by atoms with Crippen LogP contribution in [-0.4, -0.2) is 80.7 Å². The number of amides is 1. The van der Waals surface area contributed by atoms with E-state index in [0.29, 0.717) is 26.2 Å². The Labute approximate surface area is 140 Å². The molecule has 10 heteroatoms. The average molecular weight is 356 g/mol. The van der Waals surface area contributed by atoms with E-state index in [9.17, 15) is 23.3 Å². The van der Waals surface area contributed by atoms with Crippen LogP contribution in [0.1, 0.15) is 10.4 Å². The Morgan fingerprint density at radius 3 is 2.29 bits per heavy atom. The molecule has 1 aromatic carbocycles. The molecule has 1 heterocycles. The van der Waals surface area contributed by atoms with Crippen molar-refractivity contribution >= 4 is 21.6 Å². The summed E-state index contributed by atoms with van der Waals surface area (Å²) in [5.74, 6) is -0.523. The van der Waals surface area contributed by atoms with Gasteiger partial charge in [-0.25, -0.2) is 12.7 Å². The van der Waals surface area contributed by atoms with Gasteiger partial charge in [-0.05, 0) is 19.2 Å². The molecule has 1 aromatic rings. The number of piperazine rings is 1. The highest BCUT2D eigenvalue weighted by Crippen LogP contribution is 2.25. The molecular weight excluding hydrogens is 336 g/mol. The first-order valence-corrected chi connectivity index (χ1v) is 8.77. The third-order valence-electron chi connectivity index (χ3n) is 3.96. The Morgan fingerprint density at radius 1 is 1.21 bits per heavy atom. The molecule has 2 rings (SSSR count). The molecule has 0 radical (unpaired) electrons. The minimum absolute atomic E-state index is 0.143. The maximum atomic E-state index is 12.7. The molecule has 132 valence electrons. The van der Waals surface area contributed by atoms with E-state index >= 15 is 0 Å². The molecule has 0 bridgehead atoms. The number of rotatable bonds is 4. The van der Waals surface area contributed by atoms with Gasteiger partial charge >= 0.3 is 0 Å². The van der Waals surface area contributed by atoms with Gasteiger partial charge in [-0.3, -0.25) is 14.9 Å². The van der Waals surface area contributed by atoms with Crippen LogP contribution < -0.4 is 0 Å². The maximum absolute atomic E-state index is 12.7. The Morgan fingerprint density at radius 2 is 1.79 bits per heavy atom. The van der Waals surface area contributed by atoms with E-state index in [1.165, 1.54) is 19.0 Å². The summed E-state index contributed by atoms with van der Waals surface area (Å²) in [6, 6.07) is 3.31. The number of carbonyl (C=O) groups is 1. The minimum atomic E-state index is -3.78. The first-order valence-electron chi connectivity index (χ1n) is 7.33. The number of benzene rings is 1. The van der Waals surface area contributed by atoms with Crippen molar-refractivity contribution < 1.29 is 18.1 Å². The number of nitro groups is 1. The second-order valence-corrected chi connectivity index (χ2v) is 7.97. The third-order valence-corrected chi connectivity index (χ3v) is 5.78. The van der Waals surface area contributed by atoms with Gasteiger partial charge in [-0.1, -0.05) is 0 Å². The molecule has 0 unspecified atom stereocenters. The molecule has 24 heavy (non-hydrogen) atoms. The van der Waals surface area contributed by atoms with E-state index in [0.717, 1.165) is 22.5 Å². The normalized spacial score (nSPS) is 16.4. The molecule has 0 saturated carbocycles. The third kappa shape index (κ3) is 3.55. The Bertz CT molecular complexity index is 754. The van der Waals surface area contributed by atoms with Crippen molar-refractivity contribution in [1.29, 1.82) is 0 Å². The zero-order valence-corrected chi connectivity index (χ0v) is 14.6. The summed E-state index contributed by atoms with van der Waals surface area (Å²) in [5.41, 5.74) is -0.593. The summed E-state index contributed by atoms with van der Waals surface area (Å²) in [6.07, 6.45) is 0. The highest BCUT2D eigenvalue weighted by Gasteiger charge is 2.29. The van der Waals surface area contributed by atoms with Crippen LogP contribution in [0, 0.1) is 10.1 Å². The average Bonchev–Trinajstić information content (AvgIpc) is 2.54. The zero-order chi connectivity index (χ0) is 18.1. The predicted molar refractivity (Wildman–Crippen MR) is 87.4 cm³/mol. The quantitative estimate of drug-likeness (QED) is 0.565. The van der Waals surface area contributed by atoms with Gasteiger partial charge in [0, 0.05) is 46.3 Å². The summed E-state index contributed by atoms with van der Waals surface area (Å²) in [4.78, 5) is 26.6. The molecule has 0 spiro atoms. The van der Waals surface area contributed by atoms with Gasteiger partial charge in [0.15, 0.2) is 0 Å². The Kier molecular flexibility index (Phi) is 5.21. The molecule has 1 amide bonds. The van der Waals surface area contributed by atoms with Gasteiger partial charge in [0.2, 0.25) is 10.0 Å². The fourth-order valence-electron chi connectivity index (χ4n) is 2.40. The van der Waals surface area contributed by atoms with Crippen molar-refractivity contribution in [2.75, 3.05) is 47.3 Å². The number of likely N-dealkylation sites (N-methyl/N-ethyl adjacent to an activating group) is 1.